The highest BCUT2D eigenvalue weighted by Crippen LogP contribution is 2.36. The number of rotatable bonds is 3. The summed E-state index contributed by atoms with van der Waals surface area (Å²) in [7, 11) is 0. The summed E-state index contributed by atoms with van der Waals surface area (Å²) in [6.07, 6.45) is -0.425. The Morgan fingerprint density at radius 3 is 2.46 bits per heavy atom. The van der Waals surface area contributed by atoms with E-state index in [1.54, 1.807) is 20.8 Å². The number of benzene rings is 1. The van der Waals surface area contributed by atoms with Crippen molar-refractivity contribution in [1.82, 2.24) is 4.90 Å². The van der Waals surface area contributed by atoms with Crippen LogP contribution >= 0.6 is 0 Å². The van der Waals surface area contributed by atoms with Gasteiger partial charge in [-0.15, -0.1) is 0 Å². The number of Topliss-reactive ketones (excluding diaryl/α,β-unsaturated/α-hetero) is 1. The maximum Gasteiger partial charge on any atom is 0.410 e. The summed E-state index contributed by atoms with van der Waals surface area (Å²) in [6.45, 7) is 4.62. The molecule has 9 heteroatoms. The minimum Gasteiger partial charge on any atom is -0.444 e. The summed E-state index contributed by atoms with van der Waals surface area (Å²) in [4.78, 5) is 28.1. The molecule has 2 rings (SSSR count). The van der Waals surface area contributed by atoms with Crippen LogP contribution in [-0.4, -0.2) is 46.0 Å². The zero-order valence-corrected chi connectivity index (χ0v) is 14.5. The second-order valence-electron chi connectivity index (χ2n) is 6.98. The molecule has 0 aliphatic carbocycles. The van der Waals surface area contributed by atoms with Crippen molar-refractivity contribution in [2.45, 2.75) is 44.8 Å². The minimum atomic E-state index is -1.36. The number of hydrogen-bond donors (Lipinski definition) is 0. The van der Waals surface area contributed by atoms with Gasteiger partial charge in [0.1, 0.15) is 17.5 Å². The van der Waals surface area contributed by atoms with Gasteiger partial charge in [-0.3, -0.25) is 9.69 Å². The van der Waals surface area contributed by atoms with Crippen molar-refractivity contribution in [3.8, 4) is 0 Å². The molecule has 1 aliphatic rings. The van der Waals surface area contributed by atoms with Crippen LogP contribution in [0.25, 0.3) is 5.53 Å². The number of likely N-dealkylation sites (tertiary alicyclic amines) is 1. The van der Waals surface area contributed by atoms with E-state index < -0.39 is 52.5 Å². The second-order valence-corrected chi connectivity index (χ2v) is 6.98. The Kier molecular flexibility index (Phi) is 5.51. The molecule has 2 atom stereocenters. The maximum absolute atomic E-state index is 14.1. The van der Waals surface area contributed by atoms with E-state index in [9.17, 15) is 22.8 Å². The van der Waals surface area contributed by atoms with Crippen molar-refractivity contribution < 1.29 is 32.3 Å². The molecule has 140 valence electrons. The normalized spacial score (nSPS) is 19.8. The molecule has 1 aromatic rings. The number of nitrogens with zero attached hydrogens (tertiary/aromatic N) is 3. The third-order valence-corrected chi connectivity index (χ3v) is 3.93. The van der Waals surface area contributed by atoms with Crippen LogP contribution in [0.4, 0.5) is 18.0 Å². The van der Waals surface area contributed by atoms with E-state index in [2.05, 4.69) is 4.79 Å². The average molecular weight is 369 g/mol. The van der Waals surface area contributed by atoms with Crippen LogP contribution < -0.4 is 0 Å². The van der Waals surface area contributed by atoms with E-state index in [1.807, 2.05) is 0 Å². The molecular weight excluding hydrogens is 351 g/mol. The van der Waals surface area contributed by atoms with Crippen LogP contribution in [0.2, 0.25) is 0 Å². The molecule has 1 saturated heterocycles. The van der Waals surface area contributed by atoms with Gasteiger partial charge in [-0.05, 0) is 39.3 Å². The molecule has 0 spiro atoms. The number of amides is 1. The van der Waals surface area contributed by atoms with E-state index in [-0.39, 0.29) is 13.0 Å². The number of ketones is 1. The van der Waals surface area contributed by atoms with E-state index >= 15 is 0 Å². The molecule has 0 aromatic heterocycles. The Morgan fingerprint density at radius 2 is 1.88 bits per heavy atom. The first-order valence-corrected chi connectivity index (χ1v) is 7.89. The smallest absolute Gasteiger partial charge is 0.410 e. The fraction of sp³-hybridized carbons (Fsp3) is 0.471. The number of hydrogen-bond acceptors (Lipinski definition) is 3. The quantitative estimate of drug-likeness (QED) is 0.355. The summed E-state index contributed by atoms with van der Waals surface area (Å²) in [5, 5.41) is 0. The van der Waals surface area contributed by atoms with Crippen LogP contribution in [0.5, 0.6) is 0 Å². The van der Waals surface area contributed by atoms with Crippen LogP contribution in [-0.2, 0) is 9.53 Å². The molecule has 2 unspecified atom stereocenters. The average Bonchev–Trinajstić information content (AvgIpc) is 2.95. The van der Waals surface area contributed by atoms with Crippen molar-refractivity contribution >= 4 is 18.1 Å². The number of halogens is 3. The molecule has 0 saturated carbocycles. The lowest BCUT2D eigenvalue weighted by molar-refractivity contribution is -0.120. The molecule has 0 N–H and O–H groups in total. The number of carbonyl (C=O) groups excluding carboxylic acids is 2. The van der Waals surface area contributed by atoms with Gasteiger partial charge in [0, 0.05) is 18.0 Å². The summed E-state index contributed by atoms with van der Waals surface area (Å²) < 4.78 is 46.9. The van der Waals surface area contributed by atoms with Crippen molar-refractivity contribution in [2.24, 2.45) is 0 Å². The fourth-order valence-corrected chi connectivity index (χ4v) is 2.90. The molecule has 6 nitrogen and oxygen atoms in total. The number of ether oxygens (including phenoxy) is 1. The van der Waals surface area contributed by atoms with Gasteiger partial charge in [-0.1, -0.05) is 0 Å². The molecule has 1 fully saturated rings. The monoisotopic (exact) mass is 369 g/mol. The van der Waals surface area contributed by atoms with Crippen molar-refractivity contribution in [3.63, 3.8) is 0 Å². The Hall–Kier alpha value is -2.67. The number of carbonyl (C=O) groups is 2. The predicted molar refractivity (Wildman–Crippen MR) is 85.1 cm³/mol. The minimum absolute atomic E-state index is 0.165. The van der Waals surface area contributed by atoms with Gasteiger partial charge in [0.15, 0.2) is 11.6 Å². The van der Waals surface area contributed by atoms with Crippen LogP contribution in [0.15, 0.2) is 12.1 Å². The molecule has 1 aliphatic heterocycles. The summed E-state index contributed by atoms with van der Waals surface area (Å²) >= 11 is 0. The van der Waals surface area contributed by atoms with Gasteiger partial charge in [-0.2, -0.15) is 4.79 Å². The lowest BCUT2D eigenvalue weighted by atomic mass is 9.94. The van der Waals surface area contributed by atoms with E-state index in [4.69, 9.17) is 10.3 Å². The first-order valence-electron chi connectivity index (χ1n) is 7.89. The van der Waals surface area contributed by atoms with E-state index in [0.29, 0.717) is 12.3 Å². The maximum atomic E-state index is 14.1. The highest BCUT2D eigenvalue weighted by Gasteiger charge is 2.44. The Labute approximate surface area is 148 Å². The highest BCUT2D eigenvalue weighted by atomic mass is 19.2. The standard InChI is InChI=1S/C17H18F3N3O3/c1-17(2,3)26-16(25)23-8-9(6-12(23)13(24)7-22-21)14-10(18)4-5-11(19)15(14)20/h4-5,7,9,12H,6,8H2,1-3H3. The largest absolute Gasteiger partial charge is 0.444 e. The van der Waals surface area contributed by atoms with Gasteiger partial charge in [-0.25, -0.2) is 18.0 Å². The molecule has 1 amide bonds. The van der Waals surface area contributed by atoms with E-state index in [1.165, 1.54) is 0 Å². The Bertz CT molecular complexity index is 785. The lowest BCUT2D eigenvalue weighted by Crippen LogP contribution is -2.43. The fourth-order valence-electron chi connectivity index (χ4n) is 2.90. The van der Waals surface area contributed by atoms with Gasteiger partial charge in [0.2, 0.25) is 0 Å². The molecular formula is C17H18F3N3O3. The van der Waals surface area contributed by atoms with Gasteiger partial charge in [0.05, 0.1) is 0 Å². The molecule has 0 radical (unpaired) electrons. The third-order valence-electron chi connectivity index (χ3n) is 3.93. The zero-order chi connectivity index (χ0) is 19.6. The first-order chi connectivity index (χ1) is 12.0. The first kappa shape index (κ1) is 19.7. The van der Waals surface area contributed by atoms with Crippen molar-refractivity contribution in [1.29, 1.82) is 0 Å². The SMILES string of the molecule is CC(C)(C)OC(=O)N1CC(c2c(F)ccc(F)c2F)CC1C(=O)C=[N+]=[N-]. The Balaban J connectivity index is 2.39. The molecule has 1 aromatic carbocycles. The predicted octanol–water partition coefficient (Wildman–Crippen LogP) is 3.07. The molecule has 0 bridgehead atoms. The third kappa shape index (κ3) is 4.11. The van der Waals surface area contributed by atoms with Gasteiger partial charge in [0.25, 0.3) is 5.78 Å². The Morgan fingerprint density at radius 1 is 1.27 bits per heavy atom. The van der Waals surface area contributed by atoms with Gasteiger partial charge < -0.3 is 10.3 Å². The van der Waals surface area contributed by atoms with Gasteiger partial charge >= 0.3 is 12.3 Å². The summed E-state index contributed by atoms with van der Waals surface area (Å²) in [5.41, 5.74) is 7.17. The highest BCUT2D eigenvalue weighted by molar-refractivity contribution is 6.28. The summed E-state index contributed by atoms with van der Waals surface area (Å²) in [5.74, 6) is -5.25. The lowest BCUT2D eigenvalue weighted by Gasteiger charge is -2.27. The second kappa shape index (κ2) is 7.29. The van der Waals surface area contributed by atoms with Crippen molar-refractivity contribution in [3.05, 3.63) is 40.7 Å². The van der Waals surface area contributed by atoms with Crippen LogP contribution in [0.1, 0.15) is 38.7 Å². The van der Waals surface area contributed by atoms with Crippen LogP contribution in [0, 0.1) is 17.5 Å². The van der Waals surface area contributed by atoms with Crippen LogP contribution in [0.3, 0.4) is 0 Å². The summed E-state index contributed by atoms with van der Waals surface area (Å²) in [6, 6.07) is 0.305. The zero-order valence-electron chi connectivity index (χ0n) is 14.5. The van der Waals surface area contributed by atoms with E-state index in [0.717, 1.165) is 11.0 Å². The van der Waals surface area contributed by atoms with Crippen molar-refractivity contribution in [2.75, 3.05) is 6.54 Å². The molecule has 1 heterocycles. The molecule has 26 heavy (non-hydrogen) atoms. The topological polar surface area (TPSA) is 83.0 Å².